The molecule has 8 heteroatoms. The number of methoxy groups -OCH3 is 1. The molecular weight excluding hydrogens is 528 g/mol. The highest BCUT2D eigenvalue weighted by atomic mass is 16.5. The first kappa shape index (κ1) is 28.6. The highest BCUT2D eigenvalue weighted by Crippen LogP contribution is 2.42. The first-order chi connectivity index (χ1) is 20.5. The highest BCUT2D eigenvalue weighted by molar-refractivity contribution is 5.96. The lowest BCUT2D eigenvalue weighted by Gasteiger charge is -2.53. The Morgan fingerprint density at radius 1 is 0.810 bits per heavy atom. The molecule has 3 heterocycles. The van der Waals surface area contributed by atoms with E-state index >= 15 is 0 Å². The molecule has 2 bridgehead atoms. The van der Waals surface area contributed by atoms with Crippen LogP contribution < -0.4 is 10.9 Å². The minimum atomic E-state index is -1.05. The molecule has 4 atom stereocenters. The number of nitrogens with one attached hydrogen (secondary N) is 1. The zero-order chi connectivity index (χ0) is 29.1. The van der Waals surface area contributed by atoms with E-state index in [1.54, 1.807) is 24.3 Å². The van der Waals surface area contributed by atoms with Gasteiger partial charge in [0.1, 0.15) is 0 Å². The normalized spacial score (nSPS) is 24.4. The summed E-state index contributed by atoms with van der Waals surface area (Å²) in [5.74, 6) is -1.28. The molecule has 3 unspecified atom stereocenters. The van der Waals surface area contributed by atoms with Crippen LogP contribution in [0.4, 0.5) is 0 Å². The number of amides is 1. The van der Waals surface area contributed by atoms with Gasteiger partial charge in [-0.05, 0) is 56.2 Å². The number of hydrogen-bond donors (Lipinski definition) is 1. The Bertz CT molecular complexity index is 1450. The average molecular weight is 571 g/mol. The molecule has 1 amide bonds. The summed E-state index contributed by atoms with van der Waals surface area (Å²) in [4.78, 5) is 47.9. The maximum Gasteiger partial charge on any atom is 0.333 e. The SMILES string of the molecule is COC(=O)C(NC(=O)c1nc2ccccc2n(C2CC3CCC[C@@H](C2)N3C2CCCCCCC2)c1=O)c1ccccc1. The molecule has 42 heavy (non-hydrogen) atoms. The van der Waals surface area contributed by atoms with Crippen LogP contribution in [0, 0.1) is 0 Å². The number of nitrogens with zero attached hydrogens (tertiary/aromatic N) is 3. The van der Waals surface area contributed by atoms with Crippen LogP contribution in [0.1, 0.15) is 105 Å². The topological polar surface area (TPSA) is 93.5 Å². The van der Waals surface area contributed by atoms with E-state index in [0.717, 1.165) is 31.2 Å². The summed E-state index contributed by atoms with van der Waals surface area (Å²) in [7, 11) is 1.28. The van der Waals surface area contributed by atoms with E-state index in [1.807, 2.05) is 34.9 Å². The van der Waals surface area contributed by atoms with Crippen molar-refractivity contribution in [1.29, 1.82) is 0 Å². The third-order valence-corrected chi connectivity index (χ3v) is 9.72. The lowest BCUT2D eigenvalue weighted by Crippen LogP contribution is -2.57. The Labute approximate surface area is 247 Å². The van der Waals surface area contributed by atoms with Gasteiger partial charge in [-0.15, -0.1) is 0 Å². The third-order valence-electron chi connectivity index (χ3n) is 9.72. The largest absolute Gasteiger partial charge is 0.467 e. The number of hydrogen-bond acceptors (Lipinski definition) is 6. The molecular formula is C34H42N4O4. The van der Waals surface area contributed by atoms with Gasteiger partial charge in [-0.25, -0.2) is 9.78 Å². The van der Waals surface area contributed by atoms with E-state index in [4.69, 9.17) is 4.74 Å². The average Bonchev–Trinajstić information content (AvgIpc) is 2.99. The molecule has 222 valence electrons. The number of ether oxygens (including phenoxy) is 1. The van der Waals surface area contributed by atoms with E-state index in [-0.39, 0.29) is 11.7 Å². The van der Waals surface area contributed by atoms with E-state index < -0.39 is 23.5 Å². The fraction of sp³-hybridized carbons (Fsp3) is 0.529. The summed E-state index contributed by atoms with van der Waals surface area (Å²) < 4.78 is 6.82. The predicted molar refractivity (Wildman–Crippen MR) is 162 cm³/mol. The molecule has 3 fully saturated rings. The number of carbonyl (C=O) groups is 2. The number of rotatable bonds is 6. The molecule has 1 aromatic heterocycles. The molecule has 3 aliphatic rings. The second kappa shape index (κ2) is 12.8. The Morgan fingerprint density at radius 3 is 2.12 bits per heavy atom. The summed E-state index contributed by atoms with van der Waals surface area (Å²) in [5, 5.41) is 2.74. The summed E-state index contributed by atoms with van der Waals surface area (Å²) >= 11 is 0. The molecule has 0 radical (unpaired) electrons. The van der Waals surface area contributed by atoms with E-state index in [2.05, 4.69) is 15.2 Å². The van der Waals surface area contributed by atoms with E-state index in [1.165, 1.54) is 58.5 Å². The Balaban J connectivity index is 1.33. The second-order valence-corrected chi connectivity index (χ2v) is 12.3. The van der Waals surface area contributed by atoms with Gasteiger partial charge in [0.05, 0.1) is 18.1 Å². The van der Waals surface area contributed by atoms with Gasteiger partial charge in [-0.1, -0.05) is 81.0 Å². The quantitative estimate of drug-likeness (QED) is 0.382. The first-order valence-corrected chi connectivity index (χ1v) is 15.8. The standard InChI is InChI=1S/C34H42N4O4/c1-42-34(41)30(23-13-6-5-7-14-23)36-32(39)31-33(40)38(29-20-11-10-19-28(29)35-31)27-21-25-17-12-18-26(22-27)37(25)24-15-8-3-2-4-9-16-24/h5-7,10-11,13-14,19-20,24-27,30H,2-4,8-9,12,15-18,21-22H2,1H3,(H,36,39)/t25-,26?,27?,30?/m0/s1. The Hall–Kier alpha value is -3.52. The predicted octanol–water partition coefficient (Wildman–Crippen LogP) is 5.71. The van der Waals surface area contributed by atoms with Gasteiger partial charge in [0.25, 0.3) is 11.5 Å². The molecule has 1 saturated carbocycles. The number of para-hydroxylation sites is 2. The van der Waals surface area contributed by atoms with Crippen LogP contribution in [0.3, 0.4) is 0 Å². The minimum Gasteiger partial charge on any atom is -0.467 e. The number of esters is 1. The smallest absolute Gasteiger partial charge is 0.333 e. The molecule has 1 aliphatic carbocycles. The van der Waals surface area contributed by atoms with Crippen molar-refractivity contribution in [2.75, 3.05) is 7.11 Å². The van der Waals surface area contributed by atoms with Crippen LogP contribution in [-0.4, -0.2) is 51.6 Å². The maximum absolute atomic E-state index is 14.2. The van der Waals surface area contributed by atoms with E-state index in [9.17, 15) is 14.4 Å². The lowest BCUT2D eigenvalue weighted by atomic mass is 9.79. The fourth-order valence-corrected chi connectivity index (χ4v) is 7.83. The van der Waals surface area contributed by atoms with E-state index in [0.29, 0.717) is 29.2 Å². The van der Waals surface area contributed by atoms with Crippen LogP contribution in [0.25, 0.3) is 11.0 Å². The van der Waals surface area contributed by atoms with Gasteiger partial charge >= 0.3 is 5.97 Å². The van der Waals surface area contributed by atoms with Crippen molar-refractivity contribution < 1.29 is 14.3 Å². The zero-order valence-corrected chi connectivity index (χ0v) is 24.5. The number of piperidine rings is 2. The molecule has 8 nitrogen and oxygen atoms in total. The van der Waals surface area contributed by atoms with Crippen molar-refractivity contribution in [3.8, 4) is 0 Å². The van der Waals surface area contributed by atoms with Crippen molar-refractivity contribution in [3.63, 3.8) is 0 Å². The van der Waals surface area contributed by atoms with Gasteiger partial charge in [-0.2, -0.15) is 0 Å². The Kier molecular flexibility index (Phi) is 8.70. The lowest BCUT2D eigenvalue weighted by molar-refractivity contribution is -0.143. The van der Waals surface area contributed by atoms with Crippen molar-refractivity contribution in [1.82, 2.24) is 19.8 Å². The molecule has 2 saturated heterocycles. The minimum absolute atomic E-state index is 0.0115. The summed E-state index contributed by atoms with van der Waals surface area (Å²) in [6.45, 7) is 0. The number of carbonyl (C=O) groups excluding carboxylic acids is 2. The van der Waals surface area contributed by atoms with Gasteiger partial charge in [0.2, 0.25) is 0 Å². The summed E-state index contributed by atoms with van der Waals surface area (Å²) in [6.07, 6.45) is 14.6. The zero-order valence-electron chi connectivity index (χ0n) is 24.5. The van der Waals surface area contributed by atoms with Crippen LogP contribution in [0.2, 0.25) is 0 Å². The van der Waals surface area contributed by atoms with Gasteiger partial charge in [-0.3, -0.25) is 14.5 Å². The van der Waals surface area contributed by atoms with Gasteiger partial charge in [0.15, 0.2) is 11.7 Å². The molecule has 2 aliphatic heterocycles. The fourth-order valence-electron chi connectivity index (χ4n) is 7.83. The van der Waals surface area contributed by atoms with Gasteiger partial charge < -0.3 is 14.6 Å². The number of benzene rings is 2. The van der Waals surface area contributed by atoms with Crippen molar-refractivity contribution in [3.05, 3.63) is 76.2 Å². The molecule has 0 spiro atoms. The van der Waals surface area contributed by atoms with Gasteiger partial charge in [0, 0.05) is 24.2 Å². The summed E-state index contributed by atoms with van der Waals surface area (Å²) in [6, 6.07) is 17.0. The highest BCUT2D eigenvalue weighted by Gasteiger charge is 2.42. The van der Waals surface area contributed by atoms with Crippen molar-refractivity contribution >= 4 is 22.9 Å². The number of aromatic nitrogens is 2. The molecule has 2 aromatic carbocycles. The first-order valence-electron chi connectivity index (χ1n) is 15.8. The Morgan fingerprint density at radius 2 is 1.43 bits per heavy atom. The number of fused-ring (bicyclic) bond motifs is 3. The monoisotopic (exact) mass is 570 g/mol. The van der Waals surface area contributed by atoms with Crippen molar-refractivity contribution in [2.45, 2.75) is 107 Å². The molecule has 3 aromatic rings. The second-order valence-electron chi connectivity index (χ2n) is 12.3. The molecule has 6 rings (SSSR count). The van der Waals surface area contributed by atoms with Crippen LogP contribution in [0.15, 0.2) is 59.4 Å². The van der Waals surface area contributed by atoms with Crippen LogP contribution in [0.5, 0.6) is 0 Å². The van der Waals surface area contributed by atoms with Crippen LogP contribution >= 0.6 is 0 Å². The third kappa shape index (κ3) is 5.74. The van der Waals surface area contributed by atoms with Crippen molar-refractivity contribution in [2.24, 2.45) is 0 Å². The maximum atomic E-state index is 14.2. The van der Waals surface area contributed by atoms with Crippen LogP contribution in [-0.2, 0) is 9.53 Å². The summed E-state index contributed by atoms with van der Waals surface area (Å²) in [5.41, 5.74) is 1.35. The molecule has 1 N–H and O–H groups in total.